The van der Waals surface area contributed by atoms with Crippen molar-refractivity contribution in [2.75, 3.05) is 6.54 Å². The lowest BCUT2D eigenvalue weighted by atomic mass is 9.76. The van der Waals surface area contributed by atoms with Gasteiger partial charge in [-0.3, -0.25) is 24.6 Å². The number of carbonyl (C=O) groups is 3. The fourth-order valence-corrected chi connectivity index (χ4v) is 5.68. The average molecular weight is 456 g/mol. The molecule has 2 aliphatic heterocycles. The summed E-state index contributed by atoms with van der Waals surface area (Å²) in [4.78, 5) is 44.4. The third kappa shape index (κ3) is 3.14. The molecule has 7 nitrogen and oxygen atoms in total. The van der Waals surface area contributed by atoms with Gasteiger partial charge in [0.2, 0.25) is 11.8 Å². The predicted molar refractivity (Wildman–Crippen MR) is 127 cm³/mol. The van der Waals surface area contributed by atoms with E-state index in [1.165, 1.54) is 0 Å². The molecular weight excluding hydrogens is 430 g/mol. The topological polar surface area (TPSA) is 102 Å². The summed E-state index contributed by atoms with van der Waals surface area (Å²) in [6.45, 7) is 2.01. The number of aromatic nitrogens is 1. The first-order valence-corrected chi connectivity index (χ1v) is 11.3. The van der Waals surface area contributed by atoms with Crippen LogP contribution in [0.4, 0.5) is 0 Å². The van der Waals surface area contributed by atoms with E-state index in [2.05, 4.69) is 16.2 Å². The summed E-state index contributed by atoms with van der Waals surface area (Å²) in [5.74, 6) is -1.40. The lowest BCUT2D eigenvalue weighted by molar-refractivity contribution is -0.151. The normalized spacial score (nSPS) is 26.1. The van der Waals surface area contributed by atoms with E-state index < -0.39 is 35.3 Å². The monoisotopic (exact) mass is 455 g/mol. The third-order valence-electron chi connectivity index (χ3n) is 7.27. The highest BCUT2D eigenvalue weighted by atomic mass is 16.4. The molecule has 0 aliphatic carbocycles. The van der Waals surface area contributed by atoms with Gasteiger partial charge in [0, 0.05) is 42.5 Å². The first-order chi connectivity index (χ1) is 16.4. The number of aromatic amines is 1. The van der Waals surface area contributed by atoms with Crippen molar-refractivity contribution in [2.24, 2.45) is 11.8 Å². The number of para-hydroxylation sites is 1. The Morgan fingerprint density at radius 2 is 1.88 bits per heavy atom. The van der Waals surface area contributed by atoms with Crippen molar-refractivity contribution in [3.8, 4) is 12.3 Å². The fourth-order valence-electron chi connectivity index (χ4n) is 5.68. The van der Waals surface area contributed by atoms with Crippen LogP contribution in [-0.4, -0.2) is 44.9 Å². The Morgan fingerprint density at radius 1 is 1.15 bits per heavy atom. The molecule has 3 heterocycles. The van der Waals surface area contributed by atoms with Gasteiger partial charge in [0.05, 0.1) is 11.8 Å². The van der Waals surface area contributed by atoms with Gasteiger partial charge in [-0.2, -0.15) is 0 Å². The minimum Gasteiger partial charge on any atom is -0.480 e. The number of nitrogens with zero attached hydrogens (tertiary/aromatic N) is 1. The second-order valence-electron chi connectivity index (χ2n) is 9.08. The van der Waals surface area contributed by atoms with Gasteiger partial charge in [0.1, 0.15) is 5.54 Å². The number of nitrogens with one attached hydrogen (secondary N) is 2. The summed E-state index contributed by atoms with van der Waals surface area (Å²) >= 11 is 0. The molecule has 2 aromatic carbocycles. The summed E-state index contributed by atoms with van der Waals surface area (Å²) in [7, 11) is 0. The highest BCUT2D eigenvalue weighted by Gasteiger charge is 2.68. The highest BCUT2D eigenvalue weighted by molar-refractivity contribution is 6.09. The van der Waals surface area contributed by atoms with E-state index in [0.717, 1.165) is 32.5 Å². The van der Waals surface area contributed by atoms with Gasteiger partial charge in [-0.15, -0.1) is 12.3 Å². The van der Waals surface area contributed by atoms with Gasteiger partial charge in [-0.25, -0.2) is 0 Å². The molecule has 4 unspecified atom stereocenters. The number of benzene rings is 2. The average Bonchev–Trinajstić information content (AvgIpc) is 3.46. The molecule has 2 amide bonds. The van der Waals surface area contributed by atoms with E-state index in [9.17, 15) is 19.5 Å². The summed E-state index contributed by atoms with van der Waals surface area (Å²) in [6.07, 6.45) is 7.45. The quantitative estimate of drug-likeness (QED) is 0.392. The second-order valence-corrected chi connectivity index (χ2v) is 9.08. The Balaban J connectivity index is 1.66. The number of carbonyl (C=O) groups excluding carboxylic acids is 2. The number of fused-ring (bicyclic) bond motifs is 2. The molecule has 2 saturated heterocycles. The van der Waals surface area contributed by atoms with E-state index in [0.29, 0.717) is 0 Å². The summed E-state index contributed by atoms with van der Waals surface area (Å²) in [6, 6.07) is 14.6. The molecule has 2 fully saturated rings. The van der Waals surface area contributed by atoms with Gasteiger partial charge in [-0.05, 0) is 29.7 Å². The molecule has 0 bridgehead atoms. The van der Waals surface area contributed by atoms with Gasteiger partial charge in [0.15, 0.2) is 0 Å². The third-order valence-corrected chi connectivity index (χ3v) is 7.27. The van der Waals surface area contributed by atoms with E-state index in [1.807, 2.05) is 55.5 Å². The van der Waals surface area contributed by atoms with Crippen LogP contribution >= 0.6 is 0 Å². The number of terminal acetylenes is 1. The van der Waals surface area contributed by atoms with Gasteiger partial charge < -0.3 is 10.1 Å². The zero-order chi connectivity index (χ0) is 24.0. The largest absolute Gasteiger partial charge is 0.480 e. The van der Waals surface area contributed by atoms with Crippen LogP contribution in [0.25, 0.3) is 10.9 Å². The van der Waals surface area contributed by atoms with E-state index in [-0.39, 0.29) is 25.3 Å². The standard InChI is InChI=1S/C27H25N3O4/c1-3-4-13-30-24(31)21-22(25(30)32)27(26(33)34,29-23(21)18-10-6-5-9-16(18)2)14-17-15-28-20-12-8-7-11-19(17)20/h1,5-12,15,21-23,28-29H,4,13-14H2,2H3,(H,33,34). The molecular formula is C27H25N3O4. The molecule has 172 valence electrons. The maximum absolute atomic E-state index is 13.6. The molecule has 4 atom stereocenters. The molecule has 1 aromatic heterocycles. The fraction of sp³-hybridized carbons (Fsp3) is 0.296. The minimum absolute atomic E-state index is 0.0535. The van der Waals surface area contributed by atoms with Crippen LogP contribution in [-0.2, 0) is 20.8 Å². The van der Waals surface area contributed by atoms with Crippen LogP contribution < -0.4 is 5.32 Å². The minimum atomic E-state index is -1.65. The van der Waals surface area contributed by atoms with Crippen LogP contribution in [0.15, 0.2) is 54.7 Å². The molecule has 5 rings (SSSR count). The number of imide groups is 1. The van der Waals surface area contributed by atoms with E-state index in [1.54, 1.807) is 6.20 Å². The summed E-state index contributed by atoms with van der Waals surface area (Å²) < 4.78 is 0. The Bertz CT molecular complexity index is 1350. The maximum atomic E-state index is 13.6. The van der Waals surface area contributed by atoms with Gasteiger partial charge in [0.25, 0.3) is 0 Å². The number of hydrogen-bond donors (Lipinski definition) is 3. The number of aryl methyl sites for hydroxylation is 1. The Kier molecular flexibility index (Phi) is 5.26. The maximum Gasteiger partial charge on any atom is 0.325 e. The molecule has 0 radical (unpaired) electrons. The van der Waals surface area contributed by atoms with Crippen LogP contribution in [0.1, 0.15) is 29.2 Å². The molecule has 0 saturated carbocycles. The Hall–Kier alpha value is -3.89. The van der Waals surface area contributed by atoms with Crippen molar-refractivity contribution in [3.63, 3.8) is 0 Å². The van der Waals surface area contributed by atoms with E-state index in [4.69, 9.17) is 6.42 Å². The summed E-state index contributed by atoms with van der Waals surface area (Å²) in [5, 5.41) is 14.8. The smallest absolute Gasteiger partial charge is 0.325 e. The van der Waals surface area contributed by atoms with Crippen LogP contribution in [0.5, 0.6) is 0 Å². The molecule has 3 aromatic rings. The number of aliphatic carboxylic acids is 1. The van der Waals surface area contributed by atoms with Crippen molar-refractivity contribution in [1.29, 1.82) is 0 Å². The Labute approximate surface area is 197 Å². The number of carboxylic acids is 1. The van der Waals surface area contributed by atoms with E-state index >= 15 is 0 Å². The van der Waals surface area contributed by atoms with Crippen LogP contribution in [0, 0.1) is 31.1 Å². The SMILES string of the molecule is C#CCCN1C(=O)C2C(c3ccccc3C)NC(Cc3c[nH]c4ccccc34)(C(=O)O)C2C1=O. The summed E-state index contributed by atoms with van der Waals surface area (Å²) in [5.41, 5.74) is 1.75. The van der Waals surface area contributed by atoms with Crippen LogP contribution in [0.3, 0.4) is 0 Å². The molecule has 3 N–H and O–H groups in total. The zero-order valence-corrected chi connectivity index (χ0v) is 18.7. The molecule has 0 spiro atoms. The van der Waals surface area contributed by atoms with Crippen molar-refractivity contribution in [3.05, 3.63) is 71.4 Å². The number of rotatable bonds is 6. The second kappa shape index (κ2) is 8.15. The first kappa shape index (κ1) is 21.9. The predicted octanol–water partition coefficient (Wildman–Crippen LogP) is 2.81. The number of carboxylic acid groups (broad SMARTS) is 1. The van der Waals surface area contributed by atoms with Crippen molar-refractivity contribution in [2.45, 2.75) is 31.3 Å². The highest BCUT2D eigenvalue weighted by Crippen LogP contribution is 2.50. The van der Waals surface area contributed by atoms with Gasteiger partial charge in [-0.1, -0.05) is 42.5 Å². The molecule has 34 heavy (non-hydrogen) atoms. The first-order valence-electron chi connectivity index (χ1n) is 11.3. The van der Waals surface area contributed by atoms with Crippen LogP contribution in [0.2, 0.25) is 0 Å². The number of amides is 2. The molecule has 7 heteroatoms. The molecule has 2 aliphatic rings. The van der Waals surface area contributed by atoms with Gasteiger partial charge >= 0.3 is 5.97 Å². The number of H-pyrrole nitrogens is 1. The van der Waals surface area contributed by atoms with Crippen molar-refractivity contribution in [1.82, 2.24) is 15.2 Å². The lowest BCUT2D eigenvalue weighted by Gasteiger charge is -2.31. The lowest BCUT2D eigenvalue weighted by Crippen LogP contribution is -2.57. The van der Waals surface area contributed by atoms with Crippen molar-refractivity contribution >= 4 is 28.7 Å². The zero-order valence-electron chi connectivity index (χ0n) is 18.7. The Morgan fingerprint density at radius 3 is 2.62 bits per heavy atom. The number of hydrogen-bond acceptors (Lipinski definition) is 4. The number of likely N-dealkylation sites (tertiary alicyclic amines) is 1. The van der Waals surface area contributed by atoms with Crippen molar-refractivity contribution < 1.29 is 19.5 Å².